The summed E-state index contributed by atoms with van der Waals surface area (Å²) in [6.07, 6.45) is 7.78. The van der Waals surface area contributed by atoms with Gasteiger partial charge in [-0.1, -0.05) is 109 Å². The highest BCUT2D eigenvalue weighted by Crippen LogP contribution is 2.63. The number of benzene rings is 11. The fourth-order valence-corrected chi connectivity index (χ4v) is 16.5. The van der Waals surface area contributed by atoms with Crippen LogP contribution in [0.3, 0.4) is 0 Å². The second kappa shape index (κ2) is 18.9. The van der Waals surface area contributed by atoms with E-state index in [-0.39, 0.29) is 0 Å². The van der Waals surface area contributed by atoms with Gasteiger partial charge in [0.25, 0.3) is 0 Å². The second-order valence-electron chi connectivity index (χ2n) is 25.0. The molecule has 0 atom stereocenters. The number of nitriles is 2. The molecule has 95 heavy (non-hydrogen) atoms. The Hall–Kier alpha value is -13.4. The van der Waals surface area contributed by atoms with Crippen molar-refractivity contribution in [2.45, 2.75) is 5.41 Å². The van der Waals surface area contributed by atoms with Crippen molar-refractivity contribution < 1.29 is 4.74 Å². The highest BCUT2D eigenvalue weighted by Gasteiger charge is 2.54. The average molecular weight is 1210 g/mol. The second-order valence-corrected chi connectivity index (χ2v) is 25.0. The van der Waals surface area contributed by atoms with Crippen LogP contribution in [-0.2, 0) is 5.41 Å². The van der Waals surface area contributed by atoms with E-state index in [1.54, 1.807) is 0 Å². The van der Waals surface area contributed by atoms with Crippen LogP contribution in [0.2, 0.25) is 0 Å². The smallest absolute Gasteiger partial charge is 0.132 e. The molecule has 19 aromatic rings. The van der Waals surface area contributed by atoms with Gasteiger partial charge in [-0.05, 0) is 146 Å². The van der Waals surface area contributed by atoms with Crippen LogP contribution in [-0.4, -0.2) is 37.8 Å². The molecule has 1 spiro atoms. The molecule has 0 unspecified atom stereocenters. The average Bonchev–Trinajstić information content (AvgIpc) is 1.56. The van der Waals surface area contributed by atoms with Gasteiger partial charge in [0.15, 0.2) is 0 Å². The zero-order chi connectivity index (χ0) is 62.4. The monoisotopic (exact) mass is 1210 g/mol. The van der Waals surface area contributed by atoms with E-state index in [4.69, 9.17) is 14.7 Å². The van der Waals surface area contributed by atoms with Gasteiger partial charge in [-0.15, -0.1) is 0 Å². The molecular formula is C84H46N10O. The van der Waals surface area contributed by atoms with Gasteiger partial charge in [0.1, 0.15) is 11.5 Å². The van der Waals surface area contributed by atoms with E-state index in [9.17, 15) is 10.5 Å². The van der Waals surface area contributed by atoms with Gasteiger partial charge in [0.2, 0.25) is 0 Å². The highest BCUT2D eigenvalue weighted by molar-refractivity contribution is 6.14. The molecule has 0 amide bonds. The normalized spacial score (nSPS) is 13.0. The number of rotatable bonds is 5. The maximum atomic E-state index is 10.3. The molecule has 11 nitrogen and oxygen atoms in total. The Morgan fingerprint density at radius 3 is 1.04 bits per heavy atom. The Morgan fingerprint density at radius 2 is 0.611 bits per heavy atom. The minimum atomic E-state index is -1.15. The van der Waals surface area contributed by atoms with E-state index in [0.717, 1.165) is 171 Å². The molecular weight excluding hydrogens is 1160 g/mol. The Morgan fingerprint density at radius 1 is 0.284 bits per heavy atom. The van der Waals surface area contributed by atoms with Gasteiger partial charge in [-0.3, -0.25) is 15.0 Å². The summed E-state index contributed by atoms with van der Waals surface area (Å²) in [7, 11) is 0. The molecule has 8 aromatic heterocycles. The summed E-state index contributed by atoms with van der Waals surface area (Å²) in [5.41, 5.74) is 20.4. The molecule has 11 aromatic carbocycles. The predicted octanol–water partition coefficient (Wildman–Crippen LogP) is 19.6. The Kier molecular flexibility index (Phi) is 10.2. The molecule has 438 valence electrons. The third-order valence-corrected chi connectivity index (χ3v) is 20.3. The molecule has 21 rings (SSSR count). The van der Waals surface area contributed by atoms with Crippen molar-refractivity contribution in [2.75, 3.05) is 0 Å². The molecule has 1 aliphatic carbocycles. The summed E-state index contributed by atoms with van der Waals surface area (Å²) in [5, 5.41) is 31.1. The summed E-state index contributed by atoms with van der Waals surface area (Å²) < 4.78 is 19.2. The van der Waals surface area contributed by atoms with E-state index in [2.05, 4.69) is 258 Å². The first-order chi connectivity index (χ1) is 47.0. The molecule has 0 fully saturated rings. The Bertz CT molecular complexity index is 6480. The van der Waals surface area contributed by atoms with Crippen molar-refractivity contribution in [1.29, 1.82) is 10.5 Å². The van der Waals surface area contributed by atoms with Crippen LogP contribution < -0.4 is 4.74 Å². The highest BCUT2D eigenvalue weighted by atomic mass is 16.5. The van der Waals surface area contributed by atoms with E-state index in [0.29, 0.717) is 22.6 Å². The van der Waals surface area contributed by atoms with Crippen molar-refractivity contribution in [3.8, 4) is 63.5 Å². The minimum Gasteiger partial charge on any atom is -0.457 e. The first-order valence-electron chi connectivity index (χ1n) is 31.7. The zero-order valence-electron chi connectivity index (χ0n) is 50.4. The number of hydrogen-bond donors (Lipinski definition) is 0. The third-order valence-electron chi connectivity index (χ3n) is 20.3. The molecule has 1 aliphatic heterocycles. The van der Waals surface area contributed by atoms with E-state index in [1.165, 1.54) is 0 Å². The number of pyridine rings is 3. The minimum absolute atomic E-state index is 0.600. The maximum absolute atomic E-state index is 10.3. The Labute approximate surface area is 540 Å². The molecule has 2 aliphatic rings. The van der Waals surface area contributed by atoms with Crippen LogP contribution in [0.25, 0.3) is 149 Å². The van der Waals surface area contributed by atoms with E-state index < -0.39 is 5.41 Å². The largest absolute Gasteiger partial charge is 0.457 e. The van der Waals surface area contributed by atoms with Gasteiger partial charge in [0.05, 0.1) is 125 Å². The predicted molar refractivity (Wildman–Crippen MR) is 378 cm³/mol. The van der Waals surface area contributed by atoms with Crippen LogP contribution in [0.15, 0.2) is 280 Å². The van der Waals surface area contributed by atoms with Crippen molar-refractivity contribution in [3.05, 3.63) is 313 Å². The Balaban J connectivity index is 0.878. The summed E-state index contributed by atoms with van der Waals surface area (Å²) in [6.45, 7) is 0. The van der Waals surface area contributed by atoms with Crippen LogP contribution in [0, 0.1) is 22.7 Å². The lowest BCUT2D eigenvalue weighted by atomic mass is 9.66. The molecule has 0 radical (unpaired) electrons. The van der Waals surface area contributed by atoms with Crippen molar-refractivity contribution in [1.82, 2.24) is 37.8 Å². The maximum Gasteiger partial charge on any atom is 0.132 e. The quantitative estimate of drug-likeness (QED) is 0.169. The number of aromatic nitrogens is 8. The van der Waals surface area contributed by atoms with Crippen molar-refractivity contribution in [3.63, 3.8) is 0 Å². The van der Waals surface area contributed by atoms with Crippen molar-refractivity contribution in [2.24, 2.45) is 0 Å². The van der Waals surface area contributed by atoms with Gasteiger partial charge < -0.3 is 27.6 Å². The number of para-hydroxylation sites is 6. The van der Waals surface area contributed by atoms with Crippen LogP contribution in [0.1, 0.15) is 33.4 Å². The number of nitrogens with zero attached hydrogens (tertiary/aromatic N) is 10. The third kappa shape index (κ3) is 6.81. The number of hydrogen-bond acceptors (Lipinski definition) is 6. The lowest BCUT2D eigenvalue weighted by Crippen LogP contribution is -2.33. The molecule has 0 bridgehead atoms. The SMILES string of the molecule is N#Cc1ccc2c(c1)c1ccccc1n2-c1ccc2c(c1)C1(c3cc(-n4c5ccccc5c5cc(-n6c7ccc(C#N)cc7c7ccncc76)ccc54)ccc3O2)c2cc(-n3c4ccccc4c4ccccc43)cnc2-c2ncc(-n3c4ccccc4c4ccccc43)cc21. The van der Waals surface area contributed by atoms with E-state index >= 15 is 0 Å². The number of fused-ring (bicyclic) bond motifs is 24. The summed E-state index contributed by atoms with van der Waals surface area (Å²) in [6, 6.07) is 95.2. The van der Waals surface area contributed by atoms with Crippen LogP contribution in [0.5, 0.6) is 11.5 Å². The molecule has 0 saturated heterocycles. The lowest BCUT2D eigenvalue weighted by molar-refractivity contribution is 0.436. The van der Waals surface area contributed by atoms with E-state index in [1.807, 2.05) is 61.2 Å². The van der Waals surface area contributed by atoms with Crippen molar-refractivity contribution >= 4 is 109 Å². The van der Waals surface area contributed by atoms with Gasteiger partial charge in [-0.25, -0.2) is 0 Å². The number of ether oxygens (including phenoxy) is 1. The summed E-state index contributed by atoms with van der Waals surface area (Å²) >= 11 is 0. The van der Waals surface area contributed by atoms with Gasteiger partial charge in [-0.2, -0.15) is 10.5 Å². The summed E-state index contributed by atoms with van der Waals surface area (Å²) in [4.78, 5) is 16.0. The molecule has 9 heterocycles. The van der Waals surface area contributed by atoms with Gasteiger partial charge >= 0.3 is 0 Å². The fourth-order valence-electron chi connectivity index (χ4n) is 16.5. The molecule has 0 saturated carbocycles. The zero-order valence-corrected chi connectivity index (χ0v) is 50.4. The lowest BCUT2D eigenvalue weighted by Gasteiger charge is -2.39. The van der Waals surface area contributed by atoms with Crippen LogP contribution in [0.4, 0.5) is 0 Å². The topological polar surface area (TPSA) is 120 Å². The first-order valence-corrected chi connectivity index (χ1v) is 31.7. The first kappa shape index (κ1) is 51.4. The van der Waals surface area contributed by atoms with Gasteiger partial charge in [0, 0.05) is 99.4 Å². The standard InChI is InChI=1S/C84H46N10O/c85-44-49-25-30-76-63(37-49)60-17-5-11-23-74(60)90(76)52-28-33-80-66(40-52)84(67-41-53(29-34-81(67)95-80)91-75-24-12-6-18-61(75)65-39-51(27-32-78(65)91)92-77-31-26-50(45-86)38-64(77)62-35-36-87-48-79(62)92)68-42-54(93-70-19-7-1-13-56(70)57-14-2-8-20-71(57)93)46-88-82(68)83-69(84)43-55(47-89-83)94-72-21-9-3-15-58(72)59-16-4-10-22-73(59)94/h1-43,46-48H. The van der Waals surface area contributed by atoms with Crippen LogP contribution >= 0.6 is 0 Å². The molecule has 0 N–H and O–H groups in total. The molecule has 11 heteroatoms. The fraction of sp³-hybridized carbons (Fsp3) is 0.0119. The summed E-state index contributed by atoms with van der Waals surface area (Å²) in [5.74, 6) is 1.42.